The molecule has 5 nitrogen and oxygen atoms in total. The van der Waals surface area contributed by atoms with Gasteiger partial charge in [-0.1, -0.05) is 13.3 Å². The summed E-state index contributed by atoms with van der Waals surface area (Å²) in [6, 6.07) is 3.14. The van der Waals surface area contributed by atoms with Crippen LogP contribution in [0.15, 0.2) is 12.1 Å². The number of rotatable bonds is 8. The number of hydrogen-bond donors (Lipinski definition) is 2. The molecule has 19 heavy (non-hydrogen) atoms. The highest BCUT2D eigenvalue weighted by Crippen LogP contribution is 2.12. The standard InChI is InChI=1S/C13H20N2O3S/c1-3-5-11-8-10(13(16)17)9-12(15-11)14-6-4-7-19(2)18/h8-9H,3-7H2,1-2H3,(H,14,15)(H,16,17). The summed E-state index contributed by atoms with van der Waals surface area (Å²) >= 11 is 0. The fraction of sp³-hybridized carbons (Fsp3) is 0.538. The number of carbonyl (C=O) groups is 1. The van der Waals surface area contributed by atoms with Crippen LogP contribution >= 0.6 is 0 Å². The van der Waals surface area contributed by atoms with Crippen molar-refractivity contribution in [3.8, 4) is 0 Å². The van der Waals surface area contributed by atoms with Gasteiger partial charge in [-0.25, -0.2) is 9.78 Å². The number of carboxylic acids is 1. The highest BCUT2D eigenvalue weighted by Gasteiger charge is 2.08. The molecule has 1 unspecified atom stereocenters. The lowest BCUT2D eigenvalue weighted by Gasteiger charge is -2.08. The Balaban J connectivity index is 2.70. The molecule has 0 saturated carbocycles. The van der Waals surface area contributed by atoms with E-state index < -0.39 is 16.8 Å². The van der Waals surface area contributed by atoms with Crippen LogP contribution in [-0.2, 0) is 17.2 Å². The monoisotopic (exact) mass is 284 g/mol. The second-order valence-corrected chi connectivity index (χ2v) is 5.90. The molecule has 0 amide bonds. The van der Waals surface area contributed by atoms with Crippen LogP contribution in [0.4, 0.5) is 5.82 Å². The number of anilines is 1. The maximum Gasteiger partial charge on any atom is 0.335 e. The van der Waals surface area contributed by atoms with Crippen molar-refractivity contribution < 1.29 is 14.1 Å². The number of pyridine rings is 1. The third-order valence-corrected chi connectivity index (χ3v) is 3.41. The molecule has 2 N–H and O–H groups in total. The van der Waals surface area contributed by atoms with Gasteiger partial charge in [-0.2, -0.15) is 0 Å². The van der Waals surface area contributed by atoms with Gasteiger partial charge < -0.3 is 10.4 Å². The van der Waals surface area contributed by atoms with E-state index in [2.05, 4.69) is 10.3 Å². The van der Waals surface area contributed by atoms with Crippen LogP contribution in [0.1, 0.15) is 35.8 Å². The van der Waals surface area contributed by atoms with E-state index >= 15 is 0 Å². The first kappa shape index (κ1) is 15.6. The van der Waals surface area contributed by atoms with Crippen LogP contribution in [0, 0.1) is 0 Å². The summed E-state index contributed by atoms with van der Waals surface area (Å²) in [5.74, 6) is 0.260. The Bertz CT molecular complexity index is 463. The molecule has 1 heterocycles. The quantitative estimate of drug-likeness (QED) is 0.713. The van der Waals surface area contributed by atoms with Crippen molar-refractivity contribution in [1.29, 1.82) is 0 Å². The highest BCUT2D eigenvalue weighted by molar-refractivity contribution is 7.84. The lowest BCUT2D eigenvalue weighted by atomic mass is 10.1. The second-order valence-electron chi connectivity index (χ2n) is 4.35. The Hall–Kier alpha value is -1.43. The van der Waals surface area contributed by atoms with Gasteiger partial charge in [0.2, 0.25) is 0 Å². The number of nitrogens with zero attached hydrogens (tertiary/aromatic N) is 1. The van der Waals surface area contributed by atoms with E-state index in [1.165, 1.54) is 6.07 Å². The SMILES string of the molecule is CCCc1cc(C(=O)O)cc(NCCCS(C)=O)n1. The molecule has 0 bridgehead atoms. The molecule has 106 valence electrons. The predicted molar refractivity (Wildman–Crippen MR) is 77.2 cm³/mol. The van der Waals surface area contributed by atoms with Crippen LogP contribution in [0.2, 0.25) is 0 Å². The first-order valence-corrected chi connectivity index (χ1v) is 8.03. The maximum atomic E-state index is 11.0. The summed E-state index contributed by atoms with van der Waals surface area (Å²) in [6.07, 6.45) is 4.12. The topological polar surface area (TPSA) is 79.3 Å². The van der Waals surface area contributed by atoms with Gasteiger partial charge in [0.25, 0.3) is 0 Å². The number of carboxylic acid groups (broad SMARTS) is 1. The van der Waals surface area contributed by atoms with Crippen LogP contribution in [-0.4, -0.2) is 38.8 Å². The normalized spacial score (nSPS) is 12.1. The minimum atomic E-state index is -0.947. The molecule has 0 radical (unpaired) electrons. The third-order valence-electron chi connectivity index (χ3n) is 2.55. The summed E-state index contributed by atoms with van der Waals surface area (Å²) in [7, 11) is -0.797. The fourth-order valence-electron chi connectivity index (χ4n) is 1.68. The van der Waals surface area contributed by atoms with Gasteiger partial charge in [-0.3, -0.25) is 4.21 Å². The lowest BCUT2D eigenvalue weighted by molar-refractivity contribution is 0.0696. The number of aryl methyl sites for hydroxylation is 1. The van der Waals surface area contributed by atoms with Crippen LogP contribution < -0.4 is 5.32 Å². The van der Waals surface area contributed by atoms with Gasteiger partial charge in [0.1, 0.15) is 5.82 Å². The van der Waals surface area contributed by atoms with Gasteiger partial charge in [0.05, 0.1) is 5.56 Å². The molecule has 0 saturated heterocycles. The van der Waals surface area contributed by atoms with Crippen molar-refractivity contribution in [2.45, 2.75) is 26.2 Å². The maximum absolute atomic E-state index is 11.0. The molecule has 0 aromatic carbocycles. The van der Waals surface area contributed by atoms with Gasteiger partial charge in [-0.15, -0.1) is 0 Å². The molecule has 0 aliphatic heterocycles. The zero-order valence-electron chi connectivity index (χ0n) is 11.3. The average molecular weight is 284 g/mol. The van der Waals surface area contributed by atoms with Crippen molar-refractivity contribution in [3.63, 3.8) is 0 Å². The van der Waals surface area contributed by atoms with Crippen molar-refractivity contribution in [1.82, 2.24) is 4.98 Å². The van der Waals surface area contributed by atoms with Gasteiger partial charge in [-0.05, 0) is 25.0 Å². The predicted octanol–water partition coefficient (Wildman–Crippen LogP) is 1.91. The van der Waals surface area contributed by atoms with E-state index in [0.29, 0.717) is 18.1 Å². The molecule has 1 aromatic rings. The minimum Gasteiger partial charge on any atom is -0.478 e. The molecule has 0 spiro atoms. The second kappa shape index (κ2) is 7.89. The number of nitrogens with one attached hydrogen (secondary N) is 1. The lowest BCUT2D eigenvalue weighted by Crippen LogP contribution is -2.09. The average Bonchev–Trinajstić information content (AvgIpc) is 2.34. The van der Waals surface area contributed by atoms with E-state index in [9.17, 15) is 9.00 Å². The molecular weight excluding hydrogens is 264 g/mol. The smallest absolute Gasteiger partial charge is 0.335 e. The Kier molecular flexibility index (Phi) is 6.49. The number of aromatic carboxylic acids is 1. The molecule has 6 heteroatoms. The zero-order chi connectivity index (χ0) is 14.3. The molecule has 1 rings (SSSR count). The minimum absolute atomic E-state index is 0.250. The van der Waals surface area contributed by atoms with Gasteiger partial charge in [0, 0.05) is 35.0 Å². The van der Waals surface area contributed by atoms with E-state index in [-0.39, 0.29) is 5.56 Å². The summed E-state index contributed by atoms with van der Waals surface area (Å²) in [5.41, 5.74) is 1.03. The first-order valence-electron chi connectivity index (χ1n) is 6.31. The molecule has 0 aliphatic carbocycles. The number of aromatic nitrogens is 1. The fourth-order valence-corrected chi connectivity index (χ4v) is 2.23. The van der Waals surface area contributed by atoms with Crippen molar-refractivity contribution in [2.24, 2.45) is 0 Å². The summed E-state index contributed by atoms with van der Waals surface area (Å²) in [5, 5.41) is 12.1. The molecule has 1 atom stereocenters. The largest absolute Gasteiger partial charge is 0.478 e. The van der Waals surface area contributed by atoms with Crippen molar-refractivity contribution >= 4 is 22.6 Å². The summed E-state index contributed by atoms with van der Waals surface area (Å²) in [4.78, 5) is 15.4. The van der Waals surface area contributed by atoms with Crippen LogP contribution in [0.3, 0.4) is 0 Å². The van der Waals surface area contributed by atoms with Crippen molar-refractivity contribution in [2.75, 3.05) is 23.9 Å². The van der Waals surface area contributed by atoms with Gasteiger partial charge >= 0.3 is 5.97 Å². The highest BCUT2D eigenvalue weighted by atomic mass is 32.2. The Morgan fingerprint density at radius 1 is 1.47 bits per heavy atom. The van der Waals surface area contributed by atoms with Crippen molar-refractivity contribution in [3.05, 3.63) is 23.4 Å². The first-order chi connectivity index (χ1) is 9.02. The Labute approximate surface area is 115 Å². The Morgan fingerprint density at radius 3 is 2.79 bits per heavy atom. The van der Waals surface area contributed by atoms with E-state index in [1.807, 2.05) is 6.92 Å². The van der Waals surface area contributed by atoms with E-state index in [1.54, 1.807) is 12.3 Å². The van der Waals surface area contributed by atoms with E-state index in [4.69, 9.17) is 5.11 Å². The van der Waals surface area contributed by atoms with Gasteiger partial charge in [0.15, 0.2) is 0 Å². The zero-order valence-corrected chi connectivity index (χ0v) is 12.1. The van der Waals surface area contributed by atoms with Crippen LogP contribution in [0.5, 0.6) is 0 Å². The molecule has 0 aliphatic rings. The molecular formula is C13H20N2O3S. The molecule has 0 fully saturated rings. The summed E-state index contributed by atoms with van der Waals surface area (Å²) in [6.45, 7) is 2.67. The summed E-state index contributed by atoms with van der Waals surface area (Å²) < 4.78 is 10.9. The Morgan fingerprint density at radius 2 is 2.21 bits per heavy atom. The van der Waals surface area contributed by atoms with Crippen LogP contribution in [0.25, 0.3) is 0 Å². The van der Waals surface area contributed by atoms with E-state index in [0.717, 1.165) is 25.0 Å². The third kappa shape index (κ3) is 5.83. The number of hydrogen-bond acceptors (Lipinski definition) is 4. The molecule has 1 aromatic heterocycles.